The van der Waals surface area contributed by atoms with Crippen LogP contribution in [0.4, 0.5) is 0 Å². The first-order chi connectivity index (χ1) is 11.3. The maximum Gasteiger partial charge on any atom is 0.339 e. The van der Waals surface area contributed by atoms with Gasteiger partial charge in [-0.2, -0.15) is 0 Å². The zero-order valence-corrected chi connectivity index (χ0v) is 14.7. The molecule has 0 fully saturated rings. The molecular formula is C18H21NO4S. The van der Waals surface area contributed by atoms with E-state index in [-0.39, 0.29) is 4.90 Å². The smallest absolute Gasteiger partial charge is 0.339 e. The van der Waals surface area contributed by atoms with E-state index in [1.807, 2.05) is 0 Å². The van der Waals surface area contributed by atoms with Gasteiger partial charge in [0, 0.05) is 0 Å². The normalized spacial score (nSPS) is 14.2. The van der Waals surface area contributed by atoms with Crippen LogP contribution in [0.25, 0.3) is 0 Å². The fourth-order valence-electron chi connectivity index (χ4n) is 2.35. The Kier molecular flexibility index (Phi) is 5.75. The first-order valence-electron chi connectivity index (χ1n) is 7.55. The molecule has 0 heterocycles. The molecule has 2 atom stereocenters. The molecule has 0 bridgehead atoms. The Morgan fingerprint density at radius 1 is 0.958 bits per heavy atom. The number of carbonyl (C=O) groups excluding carboxylic acids is 1. The molecule has 0 N–H and O–H groups in total. The highest BCUT2D eigenvalue weighted by Crippen LogP contribution is 2.21. The van der Waals surface area contributed by atoms with Gasteiger partial charge in [-0.05, 0) is 45.3 Å². The largest absolute Gasteiger partial charge is 0.441 e. The van der Waals surface area contributed by atoms with Gasteiger partial charge in [0.25, 0.3) is 0 Å². The Hall–Kier alpha value is -2.18. The van der Waals surface area contributed by atoms with E-state index >= 15 is 0 Å². The summed E-state index contributed by atoms with van der Waals surface area (Å²) in [4.78, 5) is 14.1. The highest BCUT2D eigenvalue weighted by atomic mass is 32.2. The molecule has 2 aromatic rings. The fourth-order valence-corrected chi connectivity index (χ4v) is 3.92. The predicted octanol–water partition coefficient (Wildman–Crippen LogP) is 2.59. The minimum absolute atomic E-state index is 0.208. The number of carbonyl (C=O) groups is 1. The van der Waals surface area contributed by atoms with Crippen LogP contribution in [0.15, 0.2) is 65.6 Å². The number of nitrogens with zero attached hydrogens (tertiary/aromatic N) is 1. The van der Waals surface area contributed by atoms with E-state index in [0.717, 1.165) is 0 Å². The lowest BCUT2D eigenvalue weighted by Crippen LogP contribution is -2.45. The van der Waals surface area contributed by atoms with Crippen molar-refractivity contribution < 1.29 is 17.9 Å². The summed E-state index contributed by atoms with van der Waals surface area (Å²) in [5.41, 5.74) is 0.383. The Morgan fingerprint density at radius 2 is 1.46 bits per heavy atom. The second-order valence-corrected chi connectivity index (χ2v) is 7.99. The van der Waals surface area contributed by atoms with Gasteiger partial charge >= 0.3 is 5.97 Å². The molecule has 0 aliphatic heterocycles. The van der Waals surface area contributed by atoms with Gasteiger partial charge in [-0.15, -0.1) is 0 Å². The summed E-state index contributed by atoms with van der Waals surface area (Å²) >= 11 is 0. The maximum absolute atomic E-state index is 12.8. The second kappa shape index (κ2) is 7.59. The molecule has 6 heteroatoms. The lowest BCUT2D eigenvalue weighted by Gasteiger charge is -2.29. The number of ether oxygens (including phenoxy) is 1. The van der Waals surface area contributed by atoms with Crippen molar-refractivity contribution in [2.24, 2.45) is 0 Å². The molecule has 2 unspecified atom stereocenters. The number of hydrogen-bond acceptors (Lipinski definition) is 5. The van der Waals surface area contributed by atoms with Gasteiger partial charge in [-0.3, -0.25) is 4.90 Å². The SMILES string of the molecule is CC(C(OC(=O)c1ccccc1)N(C)C)S(=O)(=O)c1ccccc1. The highest BCUT2D eigenvalue weighted by molar-refractivity contribution is 7.92. The lowest BCUT2D eigenvalue weighted by atomic mass is 10.2. The van der Waals surface area contributed by atoms with Crippen molar-refractivity contribution in [3.63, 3.8) is 0 Å². The molecule has 2 aromatic carbocycles. The van der Waals surface area contributed by atoms with E-state index in [1.54, 1.807) is 74.4 Å². The van der Waals surface area contributed by atoms with E-state index in [4.69, 9.17) is 4.74 Å². The van der Waals surface area contributed by atoms with Gasteiger partial charge in [0.2, 0.25) is 0 Å². The highest BCUT2D eigenvalue weighted by Gasteiger charge is 2.35. The molecule has 0 radical (unpaired) electrons. The third-order valence-electron chi connectivity index (χ3n) is 3.71. The molecule has 0 saturated carbocycles. The molecule has 24 heavy (non-hydrogen) atoms. The van der Waals surface area contributed by atoms with Crippen molar-refractivity contribution in [3.05, 3.63) is 66.2 Å². The molecule has 0 saturated heterocycles. The quantitative estimate of drug-likeness (QED) is 0.594. The molecule has 2 rings (SSSR count). The van der Waals surface area contributed by atoms with Crippen molar-refractivity contribution in [1.29, 1.82) is 0 Å². The Morgan fingerprint density at radius 3 is 1.96 bits per heavy atom. The second-order valence-electron chi connectivity index (χ2n) is 5.69. The summed E-state index contributed by atoms with van der Waals surface area (Å²) in [6.07, 6.45) is -0.900. The third kappa shape index (κ3) is 4.01. The summed E-state index contributed by atoms with van der Waals surface area (Å²) in [5, 5.41) is -0.914. The average Bonchev–Trinajstić information content (AvgIpc) is 2.60. The molecule has 128 valence electrons. The van der Waals surface area contributed by atoms with Gasteiger partial charge in [-0.25, -0.2) is 13.2 Å². The lowest BCUT2D eigenvalue weighted by molar-refractivity contribution is -0.0139. The average molecular weight is 347 g/mol. The zero-order chi connectivity index (χ0) is 17.7. The van der Waals surface area contributed by atoms with Crippen LogP contribution in [-0.4, -0.2) is 44.9 Å². The van der Waals surface area contributed by atoms with Gasteiger partial charge in [0.1, 0.15) is 5.25 Å². The Labute approximate surface area is 142 Å². The molecule has 5 nitrogen and oxygen atoms in total. The van der Waals surface area contributed by atoms with E-state index in [2.05, 4.69) is 0 Å². The number of benzene rings is 2. The van der Waals surface area contributed by atoms with Crippen molar-refractivity contribution in [2.45, 2.75) is 23.3 Å². The van der Waals surface area contributed by atoms with Crippen LogP contribution in [0.1, 0.15) is 17.3 Å². The van der Waals surface area contributed by atoms with Crippen LogP contribution in [0.5, 0.6) is 0 Å². The van der Waals surface area contributed by atoms with Crippen LogP contribution < -0.4 is 0 Å². The first-order valence-corrected chi connectivity index (χ1v) is 9.10. The maximum atomic E-state index is 12.8. The number of rotatable bonds is 6. The standard InChI is InChI=1S/C18H21NO4S/c1-14(24(21,22)16-12-8-5-9-13-16)17(19(2)3)23-18(20)15-10-6-4-7-11-15/h4-14,17H,1-3H3. The van der Waals surface area contributed by atoms with Crippen molar-refractivity contribution in [1.82, 2.24) is 4.90 Å². The van der Waals surface area contributed by atoms with E-state index < -0.39 is 27.3 Å². The monoisotopic (exact) mass is 347 g/mol. The predicted molar refractivity (Wildman–Crippen MR) is 92.4 cm³/mol. The molecular weight excluding hydrogens is 326 g/mol. The topological polar surface area (TPSA) is 63.7 Å². The van der Waals surface area contributed by atoms with E-state index in [1.165, 1.54) is 12.1 Å². The number of hydrogen-bond donors (Lipinski definition) is 0. The molecule has 0 aromatic heterocycles. The van der Waals surface area contributed by atoms with Crippen molar-refractivity contribution in [2.75, 3.05) is 14.1 Å². The number of esters is 1. The molecule has 0 spiro atoms. The van der Waals surface area contributed by atoms with Crippen LogP contribution in [0, 0.1) is 0 Å². The van der Waals surface area contributed by atoms with Gasteiger partial charge in [0.15, 0.2) is 16.1 Å². The van der Waals surface area contributed by atoms with Crippen LogP contribution in [0.2, 0.25) is 0 Å². The number of sulfone groups is 1. The third-order valence-corrected chi connectivity index (χ3v) is 5.85. The summed E-state index contributed by atoms with van der Waals surface area (Å²) in [6, 6.07) is 16.7. The summed E-state index contributed by atoms with van der Waals surface area (Å²) in [5.74, 6) is -0.551. The van der Waals surface area contributed by atoms with Crippen LogP contribution in [-0.2, 0) is 14.6 Å². The minimum Gasteiger partial charge on any atom is -0.441 e. The Bertz CT molecular complexity index is 773. The van der Waals surface area contributed by atoms with Crippen molar-refractivity contribution in [3.8, 4) is 0 Å². The zero-order valence-electron chi connectivity index (χ0n) is 13.9. The van der Waals surface area contributed by atoms with E-state index in [0.29, 0.717) is 5.56 Å². The Balaban J connectivity index is 2.26. The molecule has 0 amide bonds. The van der Waals surface area contributed by atoms with Crippen molar-refractivity contribution >= 4 is 15.8 Å². The molecule has 0 aliphatic rings. The fraction of sp³-hybridized carbons (Fsp3) is 0.278. The van der Waals surface area contributed by atoms with Crippen LogP contribution in [0.3, 0.4) is 0 Å². The summed E-state index contributed by atoms with van der Waals surface area (Å²) in [7, 11) is -0.269. The van der Waals surface area contributed by atoms with Crippen LogP contribution >= 0.6 is 0 Å². The summed E-state index contributed by atoms with van der Waals surface area (Å²) in [6.45, 7) is 1.55. The first kappa shape index (κ1) is 18.2. The van der Waals surface area contributed by atoms with Gasteiger partial charge in [-0.1, -0.05) is 36.4 Å². The summed E-state index contributed by atoms with van der Waals surface area (Å²) < 4.78 is 31.0. The minimum atomic E-state index is -3.63. The molecule has 0 aliphatic carbocycles. The van der Waals surface area contributed by atoms with Gasteiger partial charge in [0.05, 0.1) is 10.5 Å². The van der Waals surface area contributed by atoms with Gasteiger partial charge < -0.3 is 4.74 Å². The van der Waals surface area contributed by atoms with E-state index in [9.17, 15) is 13.2 Å².